The molecular weight excluding hydrogens is 1340 g/mol. The first-order valence-electron chi connectivity index (χ1n) is 38.8. The molecule has 0 heterocycles. The lowest BCUT2D eigenvalue weighted by atomic mass is 9.71. The summed E-state index contributed by atoms with van der Waals surface area (Å²) in [5.74, 6) is 0. The van der Waals surface area contributed by atoms with E-state index in [9.17, 15) is 0 Å². The van der Waals surface area contributed by atoms with E-state index >= 15 is 0 Å². The number of fused-ring (bicyclic) bond motifs is 11. The van der Waals surface area contributed by atoms with E-state index in [2.05, 4.69) is 437 Å². The average Bonchev–Trinajstić information content (AvgIpc) is 1.53. The summed E-state index contributed by atoms with van der Waals surface area (Å²) in [5.41, 5.74) is 31.0. The van der Waals surface area contributed by atoms with Gasteiger partial charge in [-0.25, -0.2) is 0 Å². The first kappa shape index (κ1) is 65.4. The van der Waals surface area contributed by atoms with Crippen LogP contribution in [0, 0.1) is 0 Å². The Hall–Kier alpha value is -13.9. The van der Waals surface area contributed by atoms with Gasteiger partial charge in [0.15, 0.2) is 0 Å². The molecule has 1 atom stereocenters. The highest BCUT2D eigenvalue weighted by atomic mass is 15.1. The molecule has 2 heteroatoms. The summed E-state index contributed by atoms with van der Waals surface area (Å²) < 4.78 is 0. The number of nitrogens with zero attached hydrogens (tertiary/aromatic N) is 2. The molecule has 0 aliphatic heterocycles. The van der Waals surface area contributed by atoms with Crippen LogP contribution in [0.4, 0.5) is 34.1 Å². The Morgan fingerprint density at radius 2 is 0.468 bits per heavy atom. The Labute approximate surface area is 648 Å². The Morgan fingerprint density at radius 1 is 0.180 bits per heavy atom. The minimum absolute atomic E-state index is 0.362. The number of anilines is 6. The van der Waals surface area contributed by atoms with Crippen molar-refractivity contribution < 1.29 is 0 Å². The van der Waals surface area contributed by atoms with Crippen molar-refractivity contribution in [2.75, 3.05) is 9.80 Å². The largest absolute Gasteiger partial charge is 0.310 e. The van der Waals surface area contributed by atoms with Gasteiger partial charge < -0.3 is 9.80 Å². The van der Waals surface area contributed by atoms with E-state index in [1.165, 1.54) is 137 Å². The molecule has 21 rings (SSSR count). The summed E-state index contributed by atoms with van der Waals surface area (Å²) in [4.78, 5) is 4.83. The first-order valence-corrected chi connectivity index (χ1v) is 38.8. The van der Waals surface area contributed by atoms with E-state index < -0.39 is 5.41 Å². The maximum atomic E-state index is 2.62. The van der Waals surface area contributed by atoms with Gasteiger partial charge >= 0.3 is 0 Å². The summed E-state index contributed by atoms with van der Waals surface area (Å²) >= 11 is 0. The highest BCUT2D eigenvalue weighted by Gasteiger charge is 2.46. The van der Waals surface area contributed by atoms with Crippen molar-refractivity contribution in [2.24, 2.45) is 0 Å². The summed E-state index contributed by atoms with van der Waals surface area (Å²) in [7, 11) is 0. The third-order valence-corrected chi connectivity index (χ3v) is 24.2. The quantitative estimate of drug-likeness (QED) is 0.114. The lowest BCUT2D eigenvalue weighted by Crippen LogP contribution is -2.23. The number of hydrogen-bond donors (Lipinski definition) is 0. The van der Waals surface area contributed by atoms with Gasteiger partial charge in [0.25, 0.3) is 0 Å². The van der Waals surface area contributed by atoms with Crippen LogP contribution >= 0.6 is 0 Å². The lowest BCUT2D eigenvalue weighted by molar-refractivity contribution is 0.659. The van der Waals surface area contributed by atoms with Crippen molar-refractivity contribution >= 4 is 88.0 Å². The van der Waals surface area contributed by atoms with Gasteiger partial charge in [0.2, 0.25) is 0 Å². The third-order valence-electron chi connectivity index (χ3n) is 24.2. The van der Waals surface area contributed by atoms with Gasteiger partial charge in [0.05, 0.1) is 0 Å². The molecule has 19 aromatic carbocycles. The second-order valence-electron chi connectivity index (χ2n) is 30.8. The topological polar surface area (TPSA) is 6.48 Å². The first-order chi connectivity index (χ1) is 54.7. The van der Waals surface area contributed by atoms with Crippen LogP contribution in [0.15, 0.2) is 406 Å². The molecule has 0 aromatic heterocycles. The Kier molecular flexibility index (Phi) is 15.4. The molecule has 0 radical (unpaired) electrons. The normalized spacial score (nSPS) is 13.8. The van der Waals surface area contributed by atoms with Crippen molar-refractivity contribution in [1.29, 1.82) is 0 Å². The maximum absolute atomic E-state index is 2.62. The second-order valence-corrected chi connectivity index (χ2v) is 30.8. The molecule has 0 saturated heterocycles. The lowest BCUT2D eigenvalue weighted by Gasteiger charge is -2.32. The van der Waals surface area contributed by atoms with Gasteiger partial charge in [-0.15, -0.1) is 0 Å². The van der Waals surface area contributed by atoms with Crippen LogP contribution in [-0.4, -0.2) is 0 Å². The molecule has 0 saturated carbocycles. The zero-order valence-corrected chi connectivity index (χ0v) is 62.1. The molecule has 0 amide bonds. The Morgan fingerprint density at radius 3 is 0.955 bits per heavy atom. The van der Waals surface area contributed by atoms with Crippen molar-refractivity contribution in [3.63, 3.8) is 0 Å². The van der Waals surface area contributed by atoms with Crippen LogP contribution in [-0.2, 0) is 10.8 Å². The van der Waals surface area contributed by atoms with Crippen molar-refractivity contribution in [3.05, 3.63) is 434 Å². The van der Waals surface area contributed by atoms with E-state index in [0.717, 1.165) is 67.5 Å². The van der Waals surface area contributed by atoms with Crippen LogP contribution in [0.5, 0.6) is 0 Å². The monoisotopic (exact) mass is 1410 g/mol. The van der Waals surface area contributed by atoms with E-state index in [4.69, 9.17) is 0 Å². The highest BCUT2D eigenvalue weighted by molar-refractivity contribution is 6.18. The SMILES string of the molecule is CC1(C)c2cc(N(c3ccccc3)c3ccccc3)ccc2-c2cc3c(cc21)-c1ccc(N(c2ccccc2)c2ccccc2)cc1C3(C)c1cc(-c2cc(-c3cccc4ccccc34)cc(-c3cccc4ccccc34)c2)cc(-c2ccc(-c3cccc4ccccc34)c3c(-c4cccc5ccccc45)cccc23)c1. The fourth-order valence-corrected chi connectivity index (χ4v) is 18.8. The minimum atomic E-state index is -0.762. The number of para-hydroxylation sites is 4. The molecule has 2 aliphatic carbocycles. The Balaban J connectivity index is 0.862. The smallest absolute Gasteiger partial charge is 0.0465 e. The number of benzene rings is 19. The second kappa shape index (κ2) is 26.2. The predicted molar refractivity (Wildman–Crippen MR) is 471 cm³/mol. The van der Waals surface area contributed by atoms with Crippen LogP contribution < -0.4 is 9.80 Å². The van der Waals surface area contributed by atoms with E-state index in [0.29, 0.717) is 0 Å². The van der Waals surface area contributed by atoms with Gasteiger partial charge in [-0.3, -0.25) is 0 Å². The van der Waals surface area contributed by atoms with Crippen molar-refractivity contribution in [3.8, 4) is 89.0 Å². The molecule has 0 N–H and O–H groups in total. The number of hydrogen-bond acceptors (Lipinski definition) is 2. The van der Waals surface area contributed by atoms with E-state index in [-0.39, 0.29) is 5.41 Å². The molecule has 0 bridgehead atoms. The standard InChI is InChI=1S/C109H76N2/c1-108(2)103-67-85(110(81-37-8-4-9-38-81)82-39-10-5-11-40-82)55-57-96(103)101-70-106-102(69-104(101)108)97-58-56-86(111(83-41-12-6-13-42-83)84-43-14-7-15-44-84)68-105(97)109(106,3)80-65-76(75-61-77(91-49-24-33-71-29-16-20-45-87(71)91)64-78(62-75)92-50-25-34-72-30-17-21-46-88(72)92)63-79(66-80)93-59-60-100(95-52-27-36-74-32-19-23-48-90(74)95)107-98(93)53-28-54-99(107)94-51-26-35-73-31-18-22-47-89(73)94/h4-70H,1-3H3. The fourth-order valence-electron chi connectivity index (χ4n) is 18.8. The fraction of sp³-hybridized carbons (Fsp3) is 0.0459. The zero-order chi connectivity index (χ0) is 73.9. The molecule has 2 nitrogen and oxygen atoms in total. The summed E-state index contributed by atoms with van der Waals surface area (Å²) in [6.45, 7) is 7.42. The van der Waals surface area contributed by atoms with Crippen LogP contribution in [0.25, 0.3) is 143 Å². The van der Waals surface area contributed by atoms with Crippen LogP contribution in [0.3, 0.4) is 0 Å². The molecular formula is C109H76N2. The van der Waals surface area contributed by atoms with Gasteiger partial charge in [-0.05, 0) is 299 Å². The summed E-state index contributed by atoms with van der Waals surface area (Å²) in [5, 5.41) is 12.1. The summed E-state index contributed by atoms with van der Waals surface area (Å²) in [6, 6.07) is 153. The summed E-state index contributed by atoms with van der Waals surface area (Å²) in [6.07, 6.45) is 0. The average molecular weight is 1410 g/mol. The van der Waals surface area contributed by atoms with Gasteiger partial charge in [0.1, 0.15) is 0 Å². The molecule has 19 aromatic rings. The van der Waals surface area contributed by atoms with E-state index in [1.54, 1.807) is 0 Å². The molecule has 0 spiro atoms. The Bertz CT molecular complexity index is 6650. The van der Waals surface area contributed by atoms with Crippen molar-refractivity contribution in [2.45, 2.75) is 31.6 Å². The molecule has 1 unspecified atom stereocenters. The van der Waals surface area contributed by atoms with Gasteiger partial charge in [-0.2, -0.15) is 0 Å². The van der Waals surface area contributed by atoms with Crippen molar-refractivity contribution in [1.82, 2.24) is 0 Å². The zero-order valence-electron chi connectivity index (χ0n) is 62.1. The molecule has 111 heavy (non-hydrogen) atoms. The third kappa shape index (κ3) is 10.8. The van der Waals surface area contributed by atoms with E-state index in [1.807, 2.05) is 0 Å². The maximum Gasteiger partial charge on any atom is 0.0465 e. The van der Waals surface area contributed by atoms with Gasteiger partial charge in [0, 0.05) is 45.0 Å². The minimum Gasteiger partial charge on any atom is -0.310 e. The molecule has 522 valence electrons. The predicted octanol–water partition coefficient (Wildman–Crippen LogP) is 30.0. The van der Waals surface area contributed by atoms with Crippen LogP contribution in [0.1, 0.15) is 48.6 Å². The molecule has 2 aliphatic rings. The highest BCUT2D eigenvalue weighted by Crippen LogP contribution is 2.61. The van der Waals surface area contributed by atoms with Crippen LogP contribution in [0.2, 0.25) is 0 Å². The van der Waals surface area contributed by atoms with Gasteiger partial charge in [-0.1, -0.05) is 299 Å². The molecule has 0 fully saturated rings. The number of rotatable bonds is 13.